The zero-order valence-electron chi connectivity index (χ0n) is 13.9. The van der Waals surface area contributed by atoms with Crippen molar-refractivity contribution in [1.82, 2.24) is 4.57 Å². The lowest BCUT2D eigenvalue weighted by molar-refractivity contribution is -0.142. The Kier molecular flexibility index (Phi) is 4.10. The van der Waals surface area contributed by atoms with Gasteiger partial charge in [-0.15, -0.1) is 12.6 Å². The third kappa shape index (κ3) is 3.14. The maximum absolute atomic E-state index is 13.0. The molecule has 0 bridgehead atoms. The Bertz CT molecular complexity index is 1040. The van der Waals surface area contributed by atoms with Gasteiger partial charge in [0, 0.05) is 40.9 Å². The van der Waals surface area contributed by atoms with E-state index in [2.05, 4.69) is 12.6 Å². The van der Waals surface area contributed by atoms with E-state index in [-0.39, 0.29) is 5.92 Å². The largest absolute Gasteiger partial charge is 0.481 e. The predicted octanol–water partition coefficient (Wildman–Crippen LogP) is 4.46. The van der Waals surface area contributed by atoms with Crippen LogP contribution in [-0.2, 0) is 11.0 Å². The van der Waals surface area contributed by atoms with E-state index >= 15 is 0 Å². The number of aromatic nitrogens is 1. The molecule has 0 spiro atoms. The number of hydrogen-bond acceptors (Lipinski definition) is 3. The summed E-state index contributed by atoms with van der Waals surface area (Å²) in [6.45, 7) is 0.885. The molecule has 4 rings (SSSR count). The molecule has 140 valence electrons. The minimum atomic E-state index is -4.41. The van der Waals surface area contributed by atoms with Gasteiger partial charge in [0.25, 0.3) is 0 Å². The van der Waals surface area contributed by atoms with Gasteiger partial charge < -0.3 is 14.6 Å². The minimum absolute atomic E-state index is 0.370. The van der Waals surface area contributed by atoms with E-state index in [1.807, 2.05) is 29.2 Å². The number of thiol groups is 1. The van der Waals surface area contributed by atoms with Gasteiger partial charge in [0.2, 0.25) is 0 Å². The fraction of sp³-hybridized carbons (Fsp3) is 0.211. The number of carboxylic acids is 1. The quantitative estimate of drug-likeness (QED) is 0.647. The molecule has 1 aliphatic heterocycles. The lowest BCUT2D eigenvalue weighted by Crippen LogP contribution is -2.50. The Morgan fingerprint density at radius 3 is 2.48 bits per heavy atom. The third-order valence-corrected chi connectivity index (χ3v) is 5.17. The summed E-state index contributed by atoms with van der Waals surface area (Å²) in [5, 5.41) is 9.44. The van der Waals surface area contributed by atoms with Crippen molar-refractivity contribution in [2.45, 2.75) is 11.1 Å². The normalized spacial score (nSPS) is 15.2. The molecule has 1 aliphatic rings. The molecule has 1 saturated heterocycles. The molecular weight excluding hydrogens is 377 g/mol. The van der Waals surface area contributed by atoms with Crippen molar-refractivity contribution in [3.05, 3.63) is 54.2 Å². The molecule has 2 aromatic carbocycles. The summed E-state index contributed by atoms with van der Waals surface area (Å²) in [6.07, 6.45) is -2.72. The van der Waals surface area contributed by atoms with Crippen LogP contribution in [0.4, 0.5) is 18.9 Å². The smallest absolute Gasteiger partial charge is 0.416 e. The first kappa shape index (κ1) is 17.8. The number of halogens is 3. The summed E-state index contributed by atoms with van der Waals surface area (Å²) in [7, 11) is 0. The number of benzene rings is 2. The van der Waals surface area contributed by atoms with Gasteiger partial charge in [-0.05, 0) is 36.4 Å². The lowest BCUT2D eigenvalue weighted by atomic mass is 9.99. The molecule has 1 fully saturated rings. The second kappa shape index (κ2) is 6.23. The molecule has 3 aromatic rings. The monoisotopic (exact) mass is 392 g/mol. The van der Waals surface area contributed by atoms with E-state index in [1.54, 1.807) is 10.8 Å². The number of fused-ring (bicyclic) bond motifs is 1. The van der Waals surface area contributed by atoms with Gasteiger partial charge in [0.1, 0.15) is 0 Å². The average molecular weight is 392 g/mol. The highest BCUT2D eigenvalue weighted by Crippen LogP contribution is 2.35. The SMILES string of the molecule is O=C(O)C1CN(c2cccc(-n3cc(S)c4cc(C(F)(F)F)ccc43)c2)C1. The number of carbonyl (C=O) groups is 1. The molecular formula is C19H15F3N2O2S. The highest BCUT2D eigenvalue weighted by Gasteiger charge is 2.33. The van der Waals surface area contributed by atoms with Gasteiger partial charge in [0.15, 0.2) is 0 Å². The first-order valence-electron chi connectivity index (χ1n) is 8.23. The van der Waals surface area contributed by atoms with Gasteiger partial charge in [0.05, 0.1) is 17.0 Å². The van der Waals surface area contributed by atoms with Gasteiger partial charge in [-0.3, -0.25) is 4.79 Å². The number of alkyl halides is 3. The van der Waals surface area contributed by atoms with Crippen molar-refractivity contribution >= 4 is 35.2 Å². The molecule has 4 nitrogen and oxygen atoms in total. The van der Waals surface area contributed by atoms with Crippen LogP contribution >= 0.6 is 12.6 Å². The maximum Gasteiger partial charge on any atom is 0.416 e. The molecule has 0 atom stereocenters. The summed E-state index contributed by atoms with van der Waals surface area (Å²) in [5.41, 5.74) is 1.56. The van der Waals surface area contributed by atoms with Gasteiger partial charge in [-0.25, -0.2) is 0 Å². The minimum Gasteiger partial charge on any atom is -0.481 e. The van der Waals surface area contributed by atoms with Gasteiger partial charge in [-0.1, -0.05) is 6.07 Å². The van der Waals surface area contributed by atoms with Crippen LogP contribution in [0.15, 0.2) is 53.6 Å². The number of aliphatic carboxylic acids is 1. The predicted molar refractivity (Wildman–Crippen MR) is 98.9 cm³/mol. The maximum atomic E-state index is 13.0. The summed E-state index contributed by atoms with van der Waals surface area (Å²) in [5.74, 6) is -1.18. The van der Waals surface area contributed by atoms with Crippen LogP contribution in [-0.4, -0.2) is 28.7 Å². The van der Waals surface area contributed by atoms with Gasteiger partial charge >= 0.3 is 12.1 Å². The summed E-state index contributed by atoms with van der Waals surface area (Å²) < 4.78 is 40.7. The van der Waals surface area contributed by atoms with Crippen molar-refractivity contribution in [3.8, 4) is 5.69 Å². The Labute approximate surface area is 158 Å². The third-order valence-electron chi connectivity index (χ3n) is 4.81. The van der Waals surface area contributed by atoms with Crippen molar-refractivity contribution in [2.75, 3.05) is 18.0 Å². The first-order chi connectivity index (χ1) is 12.7. The number of carboxylic acid groups (broad SMARTS) is 1. The molecule has 1 N–H and O–H groups in total. The summed E-state index contributed by atoms with van der Waals surface area (Å²) >= 11 is 4.33. The molecule has 2 heterocycles. The molecule has 0 unspecified atom stereocenters. The van der Waals surface area contributed by atoms with E-state index in [0.29, 0.717) is 28.9 Å². The number of rotatable bonds is 3. The van der Waals surface area contributed by atoms with Gasteiger partial charge in [-0.2, -0.15) is 13.2 Å². The highest BCUT2D eigenvalue weighted by atomic mass is 32.1. The molecule has 0 aliphatic carbocycles. The number of anilines is 1. The Hall–Kier alpha value is -2.61. The van der Waals surface area contributed by atoms with E-state index < -0.39 is 17.7 Å². The zero-order chi connectivity index (χ0) is 19.3. The second-order valence-electron chi connectivity index (χ2n) is 6.57. The Morgan fingerprint density at radius 1 is 1.11 bits per heavy atom. The number of nitrogens with zero attached hydrogens (tertiary/aromatic N) is 2. The van der Waals surface area contributed by atoms with Crippen LogP contribution in [0.3, 0.4) is 0 Å². The fourth-order valence-electron chi connectivity index (χ4n) is 3.29. The van der Waals surface area contributed by atoms with E-state index in [4.69, 9.17) is 5.11 Å². The average Bonchev–Trinajstić information content (AvgIpc) is 2.89. The zero-order valence-corrected chi connectivity index (χ0v) is 14.8. The molecule has 8 heteroatoms. The van der Waals surface area contributed by atoms with Crippen molar-refractivity contribution < 1.29 is 23.1 Å². The van der Waals surface area contributed by atoms with Crippen molar-refractivity contribution in [3.63, 3.8) is 0 Å². The van der Waals surface area contributed by atoms with Crippen LogP contribution in [0.5, 0.6) is 0 Å². The highest BCUT2D eigenvalue weighted by molar-refractivity contribution is 7.80. The first-order valence-corrected chi connectivity index (χ1v) is 8.68. The van der Waals surface area contributed by atoms with E-state index in [9.17, 15) is 18.0 Å². The van der Waals surface area contributed by atoms with Crippen LogP contribution < -0.4 is 4.90 Å². The summed E-state index contributed by atoms with van der Waals surface area (Å²) in [4.78, 5) is 13.4. The van der Waals surface area contributed by atoms with E-state index in [0.717, 1.165) is 23.5 Å². The molecule has 0 amide bonds. The van der Waals surface area contributed by atoms with E-state index in [1.165, 1.54) is 6.07 Å². The Balaban J connectivity index is 1.71. The standard InChI is InChI=1S/C19H15F3N2O2S/c20-19(21,22)12-4-5-16-15(6-12)17(27)10-24(16)14-3-1-2-13(7-14)23-8-11(9-23)18(25)26/h1-7,10-11,27H,8-9H2,(H,25,26). The van der Waals surface area contributed by atoms with Crippen LogP contribution in [0.25, 0.3) is 16.6 Å². The lowest BCUT2D eigenvalue weighted by Gasteiger charge is -2.38. The second-order valence-corrected chi connectivity index (χ2v) is 7.06. The molecule has 0 saturated carbocycles. The summed E-state index contributed by atoms with van der Waals surface area (Å²) in [6, 6.07) is 11.1. The fourth-order valence-corrected chi connectivity index (χ4v) is 3.58. The number of hydrogen-bond donors (Lipinski definition) is 2. The molecule has 1 aromatic heterocycles. The van der Waals surface area contributed by atoms with Crippen LogP contribution in [0, 0.1) is 5.92 Å². The van der Waals surface area contributed by atoms with Crippen molar-refractivity contribution in [2.24, 2.45) is 5.92 Å². The topological polar surface area (TPSA) is 45.5 Å². The molecule has 27 heavy (non-hydrogen) atoms. The molecule has 0 radical (unpaired) electrons. The van der Waals surface area contributed by atoms with Crippen LogP contribution in [0.1, 0.15) is 5.56 Å². The van der Waals surface area contributed by atoms with Crippen molar-refractivity contribution in [1.29, 1.82) is 0 Å². The Morgan fingerprint density at radius 2 is 1.81 bits per heavy atom. The van der Waals surface area contributed by atoms with Crippen LogP contribution in [0.2, 0.25) is 0 Å².